The number of aryl methyl sites for hydroxylation is 1. The molecule has 3 aromatic rings. The number of fused-ring (bicyclic) bond motifs is 1. The molecule has 4 rings (SSSR count). The van der Waals surface area contributed by atoms with E-state index in [0.717, 1.165) is 52.4 Å². The second-order valence-electron chi connectivity index (χ2n) is 6.06. The van der Waals surface area contributed by atoms with Gasteiger partial charge in [-0.05, 0) is 36.3 Å². The largest absolute Gasteiger partial charge is 0.371 e. The maximum absolute atomic E-state index is 12.8. The second-order valence-corrected chi connectivity index (χ2v) is 8.12. The molecule has 0 aliphatic carbocycles. The lowest BCUT2D eigenvalue weighted by Gasteiger charge is -2.03. The molecule has 1 aliphatic heterocycles. The van der Waals surface area contributed by atoms with Crippen molar-refractivity contribution in [3.63, 3.8) is 0 Å². The van der Waals surface area contributed by atoms with Crippen molar-refractivity contribution in [2.45, 2.75) is 38.7 Å². The Kier molecular flexibility index (Phi) is 4.78. The molecule has 1 unspecified atom stereocenters. The summed E-state index contributed by atoms with van der Waals surface area (Å²) in [4.78, 5) is 13.6. The number of carbonyl (C=O) groups excluding carboxylic acids is 1. The highest BCUT2D eigenvalue weighted by Crippen LogP contribution is 2.34. The van der Waals surface area contributed by atoms with Crippen LogP contribution in [0.2, 0.25) is 0 Å². The van der Waals surface area contributed by atoms with Crippen molar-refractivity contribution in [3.05, 3.63) is 39.7 Å². The lowest BCUT2D eigenvalue weighted by molar-refractivity contribution is 0.102. The number of ether oxygens (including phenoxy) is 1. The van der Waals surface area contributed by atoms with Crippen LogP contribution in [-0.4, -0.2) is 22.7 Å². The Bertz CT molecular complexity index is 897. The molecule has 0 bridgehead atoms. The van der Waals surface area contributed by atoms with Gasteiger partial charge in [0.25, 0.3) is 5.91 Å². The average molecular weight is 374 g/mol. The number of hydrogen-bond acceptors (Lipinski definition) is 6. The molecule has 7 heteroatoms. The van der Waals surface area contributed by atoms with Crippen molar-refractivity contribution in [1.82, 2.24) is 10.2 Å². The summed E-state index contributed by atoms with van der Waals surface area (Å²) in [6.07, 6.45) is 3.95. The first-order chi connectivity index (χ1) is 12.3. The topological polar surface area (TPSA) is 64.1 Å². The number of amides is 1. The van der Waals surface area contributed by atoms with Gasteiger partial charge in [-0.3, -0.25) is 10.1 Å². The van der Waals surface area contributed by atoms with Gasteiger partial charge in [-0.2, -0.15) is 0 Å². The number of anilines is 1. The number of rotatable bonds is 5. The van der Waals surface area contributed by atoms with E-state index in [4.69, 9.17) is 4.74 Å². The first kappa shape index (κ1) is 16.6. The van der Waals surface area contributed by atoms with Crippen molar-refractivity contribution in [3.8, 4) is 0 Å². The summed E-state index contributed by atoms with van der Waals surface area (Å²) in [5.74, 6) is -0.0975. The first-order valence-electron chi connectivity index (χ1n) is 8.53. The molecule has 5 nitrogen and oxygen atoms in total. The fraction of sp³-hybridized carbons (Fsp3) is 0.389. The quantitative estimate of drug-likeness (QED) is 0.697. The third-order valence-corrected chi connectivity index (χ3v) is 6.41. The first-order valence-corrected chi connectivity index (χ1v) is 10.2. The highest BCUT2D eigenvalue weighted by molar-refractivity contribution is 7.21. The van der Waals surface area contributed by atoms with E-state index in [1.807, 2.05) is 12.1 Å². The zero-order valence-corrected chi connectivity index (χ0v) is 15.6. The van der Waals surface area contributed by atoms with Gasteiger partial charge in [0.2, 0.25) is 5.13 Å². The monoisotopic (exact) mass is 373 g/mol. The predicted molar refractivity (Wildman–Crippen MR) is 102 cm³/mol. The maximum atomic E-state index is 12.8. The third-order valence-electron chi connectivity index (χ3n) is 4.27. The summed E-state index contributed by atoms with van der Waals surface area (Å²) >= 11 is 2.95. The van der Waals surface area contributed by atoms with Gasteiger partial charge in [0.05, 0.1) is 4.88 Å². The number of nitrogens with zero attached hydrogens (tertiary/aromatic N) is 2. The Morgan fingerprint density at radius 3 is 3.00 bits per heavy atom. The Morgan fingerprint density at radius 1 is 1.32 bits per heavy atom. The van der Waals surface area contributed by atoms with Gasteiger partial charge in [0.15, 0.2) is 0 Å². The van der Waals surface area contributed by atoms with Crippen molar-refractivity contribution in [2.24, 2.45) is 0 Å². The molecule has 1 amide bonds. The van der Waals surface area contributed by atoms with Gasteiger partial charge < -0.3 is 4.74 Å². The number of carbonyl (C=O) groups is 1. The molecular formula is C18H19N3O2S2. The molecule has 1 saturated heterocycles. The number of aromatic nitrogens is 2. The van der Waals surface area contributed by atoms with Gasteiger partial charge in [0.1, 0.15) is 11.1 Å². The Labute approximate surface area is 154 Å². The smallest absolute Gasteiger partial charge is 0.267 e. The van der Waals surface area contributed by atoms with Crippen molar-refractivity contribution < 1.29 is 9.53 Å². The summed E-state index contributed by atoms with van der Waals surface area (Å²) < 4.78 is 6.78. The van der Waals surface area contributed by atoms with Crippen LogP contribution in [0.1, 0.15) is 52.5 Å². The second kappa shape index (κ2) is 7.19. The van der Waals surface area contributed by atoms with Crippen LogP contribution in [0.3, 0.4) is 0 Å². The van der Waals surface area contributed by atoms with Crippen LogP contribution >= 0.6 is 22.7 Å². The highest BCUT2D eigenvalue weighted by Gasteiger charge is 2.23. The molecule has 130 valence electrons. The van der Waals surface area contributed by atoms with Crippen LogP contribution in [0.25, 0.3) is 10.1 Å². The van der Waals surface area contributed by atoms with Gasteiger partial charge in [0, 0.05) is 11.3 Å². The number of hydrogen-bond donors (Lipinski definition) is 1. The van der Waals surface area contributed by atoms with Crippen molar-refractivity contribution in [1.29, 1.82) is 0 Å². The lowest BCUT2D eigenvalue weighted by Crippen LogP contribution is -2.12. The van der Waals surface area contributed by atoms with E-state index in [1.165, 1.54) is 16.7 Å². The third kappa shape index (κ3) is 3.31. The molecule has 1 atom stereocenters. The van der Waals surface area contributed by atoms with E-state index in [1.54, 1.807) is 11.3 Å². The van der Waals surface area contributed by atoms with Crippen LogP contribution in [0.5, 0.6) is 0 Å². The fourth-order valence-corrected chi connectivity index (χ4v) is 5.09. The summed E-state index contributed by atoms with van der Waals surface area (Å²) in [5, 5.41) is 13.8. The van der Waals surface area contributed by atoms with E-state index in [9.17, 15) is 4.79 Å². The molecule has 1 aromatic carbocycles. The number of thiophene rings is 1. The standard InChI is InChI=1S/C18H19N3O2S2/c1-2-6-12-11-7-3-4-9-14(11)24-15(12)16(22)19-18-21-20-17(25-18)13-8-5-10-23-13/h3-4,7,9,13H,2,5-6,8,10H2,1H3,(H,19,21,22). The van der Waals surface area contributed by atoms with Crippen LogP contribution in [-0.2, 0) is 11.2 Å². The van der Waals surface area contributed by atoms with Gasteiger partial charge in [-0.1, -0.05) is 42.9 Å². The molecular weight excluding hydrogens is 354 g/mol. The molecule has 2 aromatic heterocycles. The summed E-state index contributed by atoms with van der Waals surface area (Å²) in [5.41, 5.74) is 1.13. The normalized spacial score (nSPS) is 17.2. The van der Waals surface area contributed by atoms with Crippen LogP contribution < -0.4 is 5.32 Å². The fourth-order valence-electron chi connectivity index (χ4n) is 3.12. The maximum Gasteiger partial charge on any atom is 0.267 e. The van der Waals surface area contributed by atoms with E-state index < -0.39 is 0 Å². The average Bonchev–Trinajstić information content (AvgIpc) is 3.34. The number of nitrogens with one attached hydrogen (secondary N) is 1. The predicted octanol–water partition coefficient (Wildman–Crippen LogP) is 4.81. The minimum atomic E-state index is -0.0975. The molecule has 0 saturated carbocycles. The zero-order chi connectivity index (χ0) is 17.2. The van der Waals surface area contributed by atoms with E-state index in [0.29, 0.717) is 5.13 Å². The SMILES string of the molecule is CCCc1c(C(=O)Nc2nnc(C3CCCO3)s2)sc2ccccc12. The summed E-state index contributed by atoms with van der Waals surface area (Å²) in [6, 6.07) is 8.19. The van der Waals surface area contributed by atoms with Crippen molar-refractivity contribution in [2.75, 3.05) is 11.9 Å². The Balaban J connectivity index is 1.58. The Hall–Kier alpha value is -1.83. The molecule has 3 heterocycles. The van der Waals surface area contributed by atoms with Gasteiger partial charge >= 0.3 is 0 Å². The van der Waals surface area contributed by atoms with Crippen LogP contribution in [0.15, 0.2) is 24.3 Å². The molecule has 0 spiro atoms. The minimum Gasteiger partial charge on any atom is -0.371 e. The van der Waals surface area contributed by atoms with Crippen molar-refractivity contribution >= 4 is 43.8 Å². The molecule has 25 heavy (non-hydrogen) atoms. The summed E-state index contributed by atoms with van der Waals surface area (Å²) in [7, 11) is 0. The number of benzene rings is 1. The van der Waals surface area contributed by atoms with Crippen LogP contribution in [0, 0.1) is 0 Å². The highest BCUT2D eigenvalue weighted by atomic mass is 32.1. The minimum absolute atomic E-state index is 0.0307. The lowest BCUT2D eigenvalue weighted by atomic mass is 10.1. The van der Waals surface area contributed by atoms with Gasteiger partial charge in [-0.15, -0.1) is 21.5 Å². The van der Waals surface area contributed by atoms with Gasteiger partial charge in [-0.25, -0.2) is 0 Å². The molecule has 0 radical (unpaired) electrons. The molecule has 1 fully saturated rings. The van der Waals surface area contributed by atoms with E-state index >= 15 is 0 Å². The molecule has 1 aliphatic rings. The van der Waals surface area contributed by atoms with E-state index in [-0.39, 0.29) is 12.0 Å². The van der Waals surface area contributed by atoms with Crippen LogP contribution in [0.4, 0.5) is 5.13 Å². The Morgan fingerprint density at radius 2 is 2.20 bits per heavy atom. The van der Waals surface area contributed by atoms with E-state index in [2.05, 4.69) is 34.6 Å². The zero-order valence-electron chi connectivity index (χ0n) is 13.9. The molecule has 1 N–H and O–H groups in total. The summed E-state index contributed by atoms with van der Waals surface area (Å²) in [6.45, 7) is 2.90.